The van der Waals surface area contributed by atoms with Crippen molar-refractivity contribution in [2.24, 2.45) is 0 Å². The minimum atomic E-state index is 0.432. The van der Waals surface area contributed by atoms with E-state index in [1.165, 1.54) is 31.3 Å². The quantitative estimate of drug-likeness (QED) is 0.456. The number of ether oxygens (including phenoxy) is 1. The molecule has 178 valence electrons. The van der Waals surface area contributed by atoms with Crippen LogP contribution in [0.3, 0.4) is 0 Å². The lowest BCUT2D eigenvalue weighted by Gasteiger charge is -2.41. The predicted molar refractivity (Wildman–Crippen MR) is 139 cm³/mol. The lowest BCUT2D eigenvalue weighted by Crippen LogP contribution is -2.44. The Hall–Kier alpha value is -1.96. The third-order valence-electron chi connectivity index (χ3n) is 7.14. The highest BCUT2D eigenvalue weighted by atomic mass is 79.9. The zero-order valence-electron chi connectivity index (χ0n) is 19.8. The van der Waals surface area contributed by atoms with Gasteiger partial charge in [-0.15, -0.1) is 0 Å². The molecule has 0 spiro atoms. The molecule has 2 aromatic rings. The van der Waals surface area contributed by atoms with Crippen molar-refractivity contribution in [3.63, 3.8) is 0 Å². The van der Waals surface area contributed by atoms with E-state index in [1.54, 1.807) is 6.08 Å². The Morgan fingerprint density at radius 2 is 2.12 bits per heavy atom. The van der Waals surface area contributed by atoms with Crippen LogP contribution in [0.15, 0.2) is 53.2 Å². The van der Waals surface area contributed by atoms with E-state index in [4.69, 9.17) is 9.72 Å². The molecule has 2 atom stereocenters. The molecular formula is C26H36BrN5O. The van der Waals surface area contributed by atoms with Crippen LogP contribution >= 0.6 is 15.9 Å². The van der Waals surface area contributed by atoms with Gasteiger partial charge in [-0.05, 0) is 80.0 Å². The molecule has 4 rings (SSSR count). The van der Waals surface area contributed by atoms with Gasteiger partial charge in [0.25, 0.3) is 0 Å². The fraction of sp³-hybridized carbons (Fsp3) is 0.538. The monoisotopic (exact) mass is 513 g/mol. The summed E-state index contributed by atoms with van der Waals surface area (Å²) in [5.41, 5.74) is 3.23. The molecule has 1 saturated carbocycles. The molecule has 2 unspecified atom stereocenters. The molecule has 6 nitrogen and oxygen atoms in total. The lowest BCUT2D eigenvalue weighted by molar-refractivity contribution is 0.0208. The number of anilines is 1. The molecule has 33 heavy (non-hydrogen) atoms. The zero-order chi connectivity index (χ0) is 23.2. The minimum Gasteiger partial charge on any atom is -0.381 e. The second-order valence-electron chi connectivity index (χ2n) is 9.09. The van der Waals surface area contributed by atoms with Gasteiger partial charge in [0.1, 0.15) is 5.82 Å². The fourth-order valence-corrected chi connectivity index (χ4v) is 5.51. The smallest absolute Gasteiger partial charge is 0.171 e. The predicted octanol–water partition coefficient (Wildman–Crippen LogP) is 5.73. The maximum atomic E-state index is 5.66. The summed E-state index contributed by atoms with van der Waals surface area (Å²) in [4.78, 5) is 7.70. The minimum absolute atomic E-state index is 0.432. The van der Waals surface area contributed by atoms with E-state index in [2.05, 4.69) is 63.0 Å². The highest BCUT2D eigenvalue weighted by Crippen LogP contribution is 2.33. The summed E-state index contributed by atoms with van der Waals surface area (Å²) in [5, 5.41) is 8.10. The number of rotatable bonds is 8. The Labute approximate surface area is 205 Å². The number of halogens is 1. The van der Waals surface area contributed by atoms with Gasteiger partial charge in [0, 0.05) is 37.4 Å². The highest BCUT2D eigenvalue weighted by molar-refractivity contribution is 9.10. The van der Waals surface area contributed by atoms with E-state index >= 15 is 0 Å². The summed E-state index contributed by atoms with van der Waals surface area (Å²) in [6, 6.07) is 2.86. The molecule has 0 bridgehead atoms. The number of hydrogen-bond donors (Lipinski definition) is 1. The normalized spacial score (nSPS) is 23.4. The first-order chi connectivity index (χ1) is 16.1. The maximum Gasteiger partial charge on any atom is 0.171 e. The van der Waals surface area contributed by atoms with Crippen molar-refractivity contribution in [2.45, 2.75) is 63.5 Å². The van der Waals surface area contributed by atoms with Gasteiger partial charge in [-0.2, -0.15) is 9.61 Å². The topological polar surface area (TPSA) is 54.7 Å². The summed E-state index contributed by atoms with van der Waals surface area (Å²) in [6.45, 7) is 8.81. The number of methoxy groups -OCH3 is 1. The standard InChI is InChI=1S/C26H36BrN5O/c1-4-6-8-19(5-2)17-28-25-16-24(30-26-23(27)18-29-32(25)26)20-11-13-31(14-12-20)21-9-7-10-22(15-21)33-3/h4-6,8,16,18,20-22,28H,1,7,9-15,17H2,2-3H3/b8-6-,19-5+. The number of likely N-dealkylation sites (tertiary alicyclic amines) is 1. The summed E-state index contributed by atoms with van der Waals surface area (Å²) in [6.07, 6.45) is 17.5. The van der Waals surface area contributed by atoms with Crippen molar-refractivity contribution in [3.05, 3.63) is 58.9 Å². The summed E-state index contributed by atoms with van der Waals surface area (Å²) in [7, 11) is 1.86. The number of hydrogen-bond acceptors (Lipinski definition) is 5. The maximum absolute atomic E-state index is 5.66. The largest absolute Gasteiger partial charge is 0.381 e. The molecule has 1 aliphatic carbocycles. The average molecular weight is 515 g/mol. The number of nitrogens with zero attached hydrogens (tertiary/aromatic N) is 4. The molecule has 2 aromatic heterocycles. The molecule has 0 amide bonds. The van der Waals surface area contributed by atoms with Crippen LogP contribution in [0, 0.1) is 0 Å². The molecular weight excluding hydrogens is 478 g/mol. The van der Waals surface area contributed by atoms with Crippen molar-refractivity contribution in [1.82, 2.24) is 19.5 Å². The molecule has 1 N–H and O–H groups in total. The van der Waals surface area contributed by atoms with Crippen LogP contribution in [0.1, 0.15) is 57.1 Å². The van der Waals surface area contributed by atoms with Crippen LogP contribution in [-0.2, 0) is 4.74 Å². The van der Waals surface area contributed by atoms with Crippen LogP contribution < -0.4 is 5.32 Å². The van der Waals surface area contributed by atoms with Crippen molar-refractivity contribution < 1.29 is 4.74 Å². The van der Waals surface area contributed by atoms with Crippen LogP contribution in [0.5, 0.6) is 0 Å². The Bertz CT molecular complexity index is 1010. The van der Waals surface area contributed by atoms with Gasteiger partial charge in [-0.1, -0.05) is 30.9 Å². The molecule has 1 aliphatic heterocycles. The van der Waals surface area contributed by atoms with E-state index in [0.29, 0.717) is 18.1 Å². The van der Waals surface area contributed by atoms with Crippen LogP contribution in [0.25, 0.3) is 5.65 Å². The summed E-state index contributed by atoms with van der Waals surface area (Å²) in [5.74, 6) is 1.45. The molecule has 0 aromatic carbocycles. The van der Waals surface area contributed by atoms with Crippen LogP contribution in [0.2, 0.25) is 0 Å². The van der Waals surface area contributed by atoms with Gasteiger partial charge < -0.3 is 15.0 Å². The summed E-state index contributed by atoms with van der Waals surface area (Å²) < 4.78 is 8.48. The van der Waals surface area contributed by atoms with Crippen molar-refractivity contribution >= 4 is 27.4 Å². The zero-order valence-corrected chi connectivity index (χ0v) is 21.4. The Morgan fingerprint density at radius 1 is 1.30 bits per heavy atom. The van der Waals surface area contributed by atoms with Crippen LogP contribution in [-0.4, -0.2) is 58.4 Å². The van der Waals surface area contributed by atoms with Crippen molar-refractivity contribution in [1.29, 1.82) is 0 Å². The second-order valence-corrected chi connectivity index (χ2v) is 9.95. The number of fused-ring (bicyclic) bond motifs is 1. The Morgan fingerprint density at radius 3 is 2.85 bits per heavy atom. The first kappa shape index (κ1) is 24.2. The number of nitrogens with one attached hydrogen (secondary N) is 1. The fourth-order valence-electron chi connectivity index (χ4n) is 5.16. The van der Waals surface area contributed by atoms with E-state index in [0.717, 1.165) is 54.1 Å². The van der Waals surface area contributed by atoms with Gasteiger partial charge in [0.05, 0.1) is 16.8 Å². The summed E-state index contributed by atoms with van der Waals surface area (Å²) >= 11 is 3.63. The van der Waals surface area contributed by atoms with Gasteiger partial charge in [-0.25, -0.2) is 4.98 Å². The Balaban J connectivity index is 1.47. The van der Waals surface area contributed by atoms with E-state index in [1.807, 2.05) is 23.9 Å². The van der Waals surface area contributed by atoms with Crippen molar-refractivity contribution in [3.8, 4) is 0 Å². The van der Waals surface area contributed by atoms with Gasteiger partial charge >= 0.3 is 0 Å². The third-order valence-corrected chi connectivity index (χ3v) is 7.69. The number of aromatic nitrogens is 3. The third kappa shape index (κ3) is 5.76. The van der Waals surface area contributed by atoms with E-state index < -0.39 is 0 Å². The highest BCUT2D eigenvalue weighted by Gasteiger charge is 2.31. The molecule has 2 fully saturated rings. The van der Waals surface area contributed by atoms with Crippen LogP contribution in [0.4, 0.5) is 5.82 Å². The van der Waals surface area contributed by atoms with Crippen molar-refractivity contribution in [2.75, 3.05) is 32.1 Å². The van der Waals surface area contributed by atoms with Gasteiger partial charge in [0.15, 0.2) is 5.65 Å². The second kappa shape index (κ2) is 11.4. The van der Waals surface area contributed by atoms with E-state index in [9.17, 15) is 0 Å². The molecule has 7 heteroatoms. The van der Waals surface area contributed by atoms with Gasteiger partial charge in [-0.3, -0.25) is 0 Å². The number of allylic oxidation sites excluding steroid dienone is 3. The average Bonchev–Trinajstić information content (AvgIpc) is 3.25. The molecule has 0 radical (unpaired) electrons. The number of piperidine rings is 1. The first-order valence-corrected chi connectivity index (χ1v) is 12.9. The molecule has 3 heterocycles. The molecule has 2 aliphatic rings. The lowest BCUT2D eigenvalue weighted by atomic mass is 9.87. The van der Waals surface area contributed by atoms with E-state index in [-0.39, 0.29) is 0 Å². The SMILES string of the molecule is C=C/C=C\C(=C/C)CNc1cc(C2CCN(C3CCCC(OC)C3)CC2)nc2c(Br)cnn12. The Kier molecular flexibility index (Phi) is 8.39. The first-order valence-electron chi connectivity index (χ1n) is 12.1. The van der Waals surface area contributed by atoms with Gasteiger partial charge in [0.2, 0.25) is 0 Å². The molecule has 1 saturated heterocycles.